The highest BCUT2D eigenvalue weighted by atomic mass is 32.2. The van der Waals surface area contributed by atoms with Crippen molar-refractivity contribution < 1.29 is 19.6 Å². The molecule has 2 aromatic rings. The van der Waals surface area contributed by atoms with Crippen molar-refractivity contribution in [3.05, 3.63) is 59.7 Å². The second-order valence-electron chi connectivity index (χ2n) is 6.26. The predicted octanol–water partition coefficient (Wildman–Crippen LogP) is 0.908. The van der Waals surface area contributed by atoms with Gasteiger partial charge in [0, 0.05) is 12.0 Å². The molecule has 0 aromatic heterocycles. The molecule has 0 bridgehead atoms. The van der Waals surface area contributed by atoms with Crippen LogP contribution in [0.25, 0.3) is 0 Å². The lowest BCUT2D eigenvalue weighted by molar-refractivity contribution is -0.711. The quantitative estimate of drug-likeness (QED) is 0.572. The number of quaternary nitrogens is 1. The van der Waals surface area contributed by atoms with Gasteiger partial charge in [-0.05, 0) is 35.7 Å². The van der Waals surface area contributed by atoms with Crippen molar-refractivity contribution >= 4 is 23.4 Å². The van der Waals surface area contributed by atoms with Crippen molar-refractivity contribution in [2.75, 3.05) is 27.0 Å². The van der Waals surface area contributed by atoms with Gasteiger partial charge in [0.2, 0.25) is 0 Å². The van der Waals surface area contributed by atoms with Crippen LogP contribution in [0.4, 0.5) is 0 Å². The minimum Gasteiger partial charge on any atom is -0.493 e. The highest BCUT2D eigenvalue weighted by molar-refractivity contribution is 7.99. The number of ether oxygens (including phenoxy) is 2. The van der Waals surface area contributed by atoms with Crippen LogP contribution in [0.3, 0.4) is 0 Å². The lowest BCUT2D eigenvalue weighted by atomic mass is 10.1. The van der Waals surface area contributed by atoms with Crippen LogP contribution in [-0.2, 0) is 11.2 Å². The summed E-state index contributed by atoms with van der Waals surface area (Å²) in [5.74, 6) is 1.22. The zero-order valence-electron chi connectivity index (χ0n) is 16.2. The number of methoxy groups -OCH3 is 2. The van der Waals surface area contributed by atoms with Crippen LogP contribution >= 0.6 is 11.8 Å². The SMILES string of the molecule is COc1ccc(CC[NH2+][C@@]2(SC)NN=C(c3ccccc3)C(=O)N2)cc1OC. The van der Waals surface area contributed by atoms with Crippen LogP contribution in [0.5, 0.6) is 11.5 Å². The van der Waals surface area contributed by atoms with Gasteiger partial charge >= 0.3 is 5.12 Å². The molecule has 0 radical (unpaired) electrons. The van der Waals surface area contributed by atoms with Crippen LogP contribution in [0, 0.1) is 0 Å². The molecule has 7 nitrogen and oxygen atoms in total. The molecule has 0 saturated heterocycles. The molecule has 0 spiro atoms. The Bertz CT molecular complexity index is 860. The molecular weight excluding hydrogens is 376 g/mol. The van der Waals surface area contributed by atoms with Crippen LogP contribution < -0.4 is 25.5 Å². The second kappa shape index (κ2) is 8.99. The number of hydrogen-bond donors (Lipinski definition) is 3. The highest BCUT2D eigenvalue weighted by Crippen LogP contribution is 2.27. The number of benzene rings is 2. The van der Waals surface area contributed by atoms with Gasteiger partial charge in [-0.25, -0.2) is 5.43 Å². The molecule has 0 aliphatic carbocycles. The van der Waals surface area contributed by atoms with Gasteiger partial charge in [-0.2, -0.15) is 5.10 Å². The Kier molecular flexibility index (Phi) is 6.43. The first-order valence-corrected chi connectivity index (χ1v) is 10.2. The largest absolute Gasteiger partial charge is 0.493 e. The summed E-state index contributed by atoms with van der Waals surface area (Å²) in [6.45, 7) is 0.750. The van der Waals surface area contributed by atoms with Crippen molar-refractivity contribution in [1.29, 1.82) is 0 Å². The number of carbonyl (C=O) groups is 1. The molecule has 1 atom stereocenters. The van der Waals surface area contributed by atoms with Gasteiger partial charge in [-0.1, -0.05) is 36.4 Å². The predicted molar refractivity (Wildman–Crippen MR) is 111 cm³/mol. The summed E-state index contributed by atoms with van der Waals surface area (Å²) < 4.78 is 10.6. The molecule has 0 fully saturated rings. The fraction of sp³-hybridized carbons (Fsp3) is 0.300. The van der Waals surface area contributed by atoms with Crippen molar-refractivity contribution in [1.82, 2.24) is 10.7 Å². The van der Waals surface area contributed by atoms with Gasteiger partial charge < -0.3 is 9.47 Å². The summed E-state index contributed by atoms with van der Waals surface area (Å²) in [4.78, 5) is 12.6. The first-order chi connectivity index (χ1) is 13.6. The van der Waals surface area contributed by atoms with E-state index in [9.17, 15) is 4.79 Å². The van der Waals surface area contributed by atoms with Crippen LogP contribution in [0.2, 0.25) is 0 Å². The Morgan fingerprint density at radius 3 is 2.50 bits per heavy atom. The topological polar surface area (TPSA) is 88.6 Å². The monoisotopic (exact) mass is 401 g/mol. The van der Waals surface area contributed by atoms with Gasteiger partial charge in [-0.3, -0.25) is 15.4 Å². The van der Waals surface area contributed by atoms with E-state index < -0.39 is 5.12 Å². The molecular formula is C20H25N4O3S+. The number of hydrogen-bond acceptors (Lipinski definition) is 6. The molecule has 1 heterocycles. The summed E-state index contributed by atoms with van der Waals surface area (Å²) in [5, 5.41) is 8.69. The van der Waals surface area contributed by atoms with E-state index in [4.69, 9.17) is 9.47 Å². The van der Waals surface area contributed by atoms with E-state index in [1.807, 2.05) is 60.1 Å². The maximum absolute atomic E-state index is 12.6. The Morgan fingerprint density at radius 2 is 1.86 bits per heavy atom. The van der Waals surface area contributed by atoms with E-state index >= 15 is 0 Å². The van der Waals surface area contributed by atoms with Crippen LogP contribution in [0.15, 0.2) is 53.6 Å². The Labute approximate surface area is 168 Å². The van der Waals surface area contributed by atoms with Gasteiger partial charge in [0.1, 0.15) is 0 Å². The molecule has 0 saturated carbocycles. The van der Waals surface area contributed by atoms with Crippen molar-refractivity contribution in [2.45, 2.75) is 11.5 Å². The van der Waals surface area contributed by atoms with E-state index in [0.29, 0.717) is 17.2 Å². The number of amides is 1. The summed E-state index contributed by atoms with van der Waals surface area (Å²) >= 11 is 1.49. The molecule has 148 valence electrons. The lowest BCUT2D eigenvalue weighted by Crippen LogP contribution is -3.04. The number of nitrogens with zero attached hydrogens (tertiary/aromatic N) is 1. The third kappa shape index (κ3) is 4.40. The maximum atomic E-state index is 12.6. The van der Waals surface area contributed by atoms with Gasteiger partial charge in [0.15, 0.2) is 17.2 Å². The van der Waals surface area contributed by atoms with E-state index in [1.54, 1.807) is 14.2 Å². The van der Waals surface area contributed by atoms with Crippen LogP contribution in [-0.4, -0.2) is 43.8 Å². The van der Waals surface area contributed by atoms with E-state index in [1.165, 1.54) is 11.8 Å². The van der Waals surface area contributed by atoms with E-state index in [0.717, 1.165) is 24.1 Å². The lowest BCUT2D eigenvalue weighted by Gasteiger charge is -2.33. The minimum absolute atomic E-state index is 0.193. The average molecular weight is 402 g/mol. The van der Waals surface area contributed by atoms with E-state index in [-0.39, 0.29) is 5.91 Å². The van der Waals surface area contributed by atoms with Gasteiger partial charge in [0.25, 0.3) is 5.91 Å². The molecule has 4 N–H and O–H groups in total. The van der Waals surface area contributed by atoms with Crippen molar-refractivity contribution in [3.8, 4) is 11.5 Å². The maximum Gasteiger partial charge on any atom is 0.316 e. The van der Waals surface area contributed by atoms with Gasteiger partial charge in [0.05, 0.1) is 20.8 Å². The summed E-state index contributed by atoms with van der Waals surface area (Å²) in [6, 6.07) is 15.3. The fourth-order valence-corrected chi connectivity index (χ4v) is 3.61. The molecule has 1 aliphatic rings. The number of nitrogens with one attached hydrogen (secondary N) is 2. The Morgan fingerprint density at radius 1 is 1.11 bits per heavy atom. The second-order valence-corrected chi connectivity index (χ2v) is 7.32. The molecule has 28 heavy (non-hydrogen) atoms. The third-order valence-corrected chi connectivity index (χ3v) is 5.53. The fourth-order valence-electron chi connectivity index (χ4n) is 2.99. The minimum atomic E-state index is -0.730. The highest BCUT2D eigenvalue weighted by Gasteiger charge is 2.39. The summed E-state index contributed by atoms with van der Waals surface area (Å²) in [6.07, 6.45) is 2.73. The molecule has 3 rings (SSSR count). The molecule has 1 aliphatic heterocycles. The number of rotatable bonds is 8. The summed E-state index contributed by atoms with van der Waals surface area (Å²) in [5.41, 5.74) is 5.41. The number of nitrogens with two attached hydrogens (primary N) is 1. The number of carbonyl (C=O) groups excluding carboxylic acids is 1. The molecule has 0 unspecified atom stereocenters. The molecule has 2 aromatic carbocycles. The molecule has 1 amide bonds. The number of hydrazone groups is 1. The van der Waals surface area contributed by atoms with Crippen molar-refractivity contribution in [2.24, 2.45) is 5.10 Å². The third-order valence-electron chi connectivity index (χ3n) is 4.53. The standard InChI is InChI=1S/C20H24N4O3S/c1-26-16-10-9-14(13-17(16)27-2)11-12-21-20(28-3)22-19(25)18(23-24-20)15-7-5-4-6-8-15/h4-10,13,21,24H,11-12H2,1-3H3,(H,22,25)/p+1/t20-/m0/s1. The van der Waals surface area contributed by atoms with E-state index in [2.05, 4.69) is 15.8 Å². The Balaban J connectivity index is 1.65. The molecule has 8 heteroatoms. The normalized spacial score (nSPS) is 18.7. The first-order valence-electron chi connectivity index (χ1n) is 8.94. The van der Waals surface area contributed by atoms with Crippen molar-refractivity contribution in [3.63, 3.8) is 0 Å². The summed E-state index contributed by atoms with van der Waals surface area (Å²) in [7, 11) is 3.25. The average Bonchev–Trinajstić information content (AvgIpc) is 2.74. The zero-order valence-corrected chi connectivity index (χ0v) is 17.0. The Hall–Kier alpha value is -2.71. The van der Waals surface area contributed by atoms with Crippen LogP contribution in [0.1, 0.15) is 11.1 Å². The zero-order chi connectivity index (χ0) is 20.0. The smallest absolute Gasteiger partial charge is 0.316 e. The number of thioether (sulfide) groups is 1. The van der Waals surface area contributed by atoms with Gasteiger partial charge in [-0.15, -0.1) is 0 Å². The first kappa shape index (κ1) is 20.0.